The van der Waals surface area contributed by atoms with Crippen molar-refractivity contribution in [1.29, 1.82) is 0 Å². The van der Waals surface area contributed by atoms with E-state index >= 15 is 0 Å². The molecule has 0 aromatic carbocycles. The summed E-state index contributed by atoms with van der Waals surface area (Å²) in [6.07, 6.45) is 3.43. The van der Waals surface area contributed by atoms with Crippen LogP contribution in [0, 0.1) is 13.8 Å². The maximum absolute atomic E-state index is 12.8. The van der Waals surface area contributed by atoms with Crippen molar-refractivity contribution in [3.05, 3.63) is 33.4 Å². The van der Waals surface area contributed by atoms with Crippen molar-refractivity contribution in [3.63, 3.8) is 0 Å². The summed E-state index contributed by atoms with van der Waals surface area (Å²) in [5, 5.41) is 5.96. The summed E-state index contributed by atoms with van der Waals surface area (Å²) in [6, 6.07) is -0.509. The van der Waals surface area contributed by atoms with E-state index in [-0.39, 0.29) is 11.3 Å². The van der Waals surface area contributed by atoms with E-state index in [2.05, 4.69) is 22.2 Å². The van der Waals surface area contributed by atoms with E-state index in [0.29, 0.717) is 28.5 Å². The lowest BCUT2D eigenvalue weighted by atomic mass is 10.2. The number of fused-ring (bicyclic) bond motifs is 1. The zero-order valence-corrected chi connectivity index (χ0v) is 17.4. The molecule has 0 unspecified atom stereocenters. The van der Waals surface area contributed by atoms with Crippen LogP contribution in [0.2, 0.25) is 0 Å². The van der Waals surface area contributed by atoms with Crippen molar-refractivity contribution in [1.82, 2.24) is 20.2 Å². The number of urea groups is 1. The molecule has 2 heterocycles. The molecule has 0 saturated carbocycles. The molecule has 0 aliphatic heterocycles. The number of hydrogen-bond donors (Lipinski definition) is 2. The Labute approximate surface area is 166 Å². The standard InChI is InChI=1S/C18H24N4O3S2/c1-5-7-8-19-17(25)20-13(23)10-26-18-21-15-14(11(3)12(4)27-15)16(24)22(18)9-6-2/h6H,2,5,7-10H2,1,3-4H3,(H2,19,20,23,25). The smallest absolute Gasteiger partial charge is 0.321 e. The second-order valence-electron chi connectivity index (χ2n) is 6.01. The molecule has 146 valence electrons. The summed E-state index contributed by atoms with van der Waals surface area (Å²) in [5.74, 6) is -0.452. The Morgan fingerprint density at radius 2 is 2.11 bits per heavy atom. The number of imide groups is 1. The summed E-state index contributed by atoms with van der Waals surface area (Å²) in [6.45, 7) is 10.4. The lowest BCUT2D eigenvalue weighted by Gasteiger charge is -2.10. The predicted molar refractivity (Wildman–Crippen MR) is 111 cm³/mol. The average molecular weight is 409 g/mol. The number of carbonyl (C=O) groups excluding carboxylic acids is 2. The van der Waals surface area contributed by atoms with Gasteiger partial charge in [-0.3, -0.25) is 19.5 Å². The monoisotopic (exact) mass is 408 g/mol. The van der Waals surface area contributed by atoms with Gasteiger partial charge in [-0.25, -0.2) is 9.78 Å². The number of aryl methyl sites for hydroxylation is 2. The van der Waals surface area contributed by atoms with Crippen molar-refractivity contribution in [2.24, 2.45) is 0 Å². The molecule has 0 aliphatic carbocycles. The number of rotatable bonds is 8. The third-order valence-corrected chi connectivity index (χ3v) is 6.04. The molecular weight excluding hydrogens is 384 g/mol. The van der Waals surface area contributed by atoms with Crippen LogP contribution in [-0.4, -0.2) is 33.8 Å². The summed E-state index contributed by atoms with van der Waals surface area (Å²) < 4.78 is 1.51. The molecule has 9 heteroatoms. The summed E-state index contributed by atoms with van der Waals surface area (Å²) in [4.78, 5) is 42.8. The Balaban J connectivity index is 2.14. The first-order chi connectivity index (χ1) is 12.9. The SMILES string of the molecule is C=CCn1c(SCC(=O)NC(=O)NCCCC)nc2sc(C)c(C)c2c1=O. The third kappa shape index (κ3) is 5.20. The number of nitrogens with one attached hydrogen (secondary N) is 2. The Kier molecular flexibility index (Phi) is 7.61. The van der Waals surface area contributed by atoms with Crippen LogP contribution >= 0.6 is 23.1 Å². The molecule has 0 aliphatic rings. The van der Waals surface area contributed by atoms with E-state index in [9.17, 15) is 14.4 Å². The van der Waals surface area contributed by atoms with Crippen molar-refractivity contribution >= 4 is 45.3 Å². The van der Waals surface area contributed by atoms with E-state index in [1.807, 2.05) is 20.8 Å². The molecule has 2 N–H and O–H groups in total. The van der Waals surface area contributed by atoms with Gasteiger partial charge in [0.05, 0.1) is 11.1 Å². The maximum Gasteiger partial charge on any atom is 0.321 e. The fourth-order valence-corrected chi connectivity index (χ4v) is 4.30. The molecule has 3 amide bonds. The fourth-order valence-electron chi connectivity index (χ4n) is 2.42. The average Bonchev–Trinajstić information content (AvgIpc) is 2.90. The molecule has 0 saturated heterocycles. The number of allylic oxidation sites excluding steroid dienone is 1. The lowest BCUT2D eigenvalue weighted by molar-refractivity contribution is -0.117. The topological polar surface area (TPSA) is 93.1 Å². The number of nitrogens with zero attached hydrogens (tertiary/aromatic N) is 2. The third-order valence-electron chi connectivity index (χ3n) is 3.97. The van der Waals surface area contributed by atoms with Crippen molar-refractivity contribution in [3.8, 4) is 0 Å². The number of thiophene rings is 1. The summed E-state index contributed by atoms with van der Waals surface area (Å²) >= 11 is 2.59. The number of unbranched alkanes of at least 4 members (excludes halogenated alkanes) is 1. The van der Waals surface area contributed by atoms with Crippen molar-refractivity contribution < 1.29 is 9.59 Å². The van der Waals surface area contributed by atoms with Gasteiger partial charge in [-0.05, 0) is 25.8 Å². The van der Waals surface area contributed by atoms with E-state index in [4.69, 9.17) is 0 Å². The quantitative estimate of drug-likeness (QED) is 0.303. The van der Waals surface area contributed by atoms with Crippen LogP contribution in [0.4, 0.5) is 4.79 Å². The van der Waals surface area contributed by atoms with Crippen LogP contribution in [0.5, 0.6) is 0 Å². The van der Waals surface area contributed by atoms with Gasteiger partial charge in [0.25, 0.3) is 5.56 Å². The molecule has 0 bridgehead atoms. The van der Waals surface area contributed by atoms with E-state index in [0.717, 1.165) is 35.0 Å². The summed E-state index contributed by atoms with van der Waals surface area (Å²) in [5.41, 5.74) is 0.797. The Hall–Kier alpha value is -2.13. The predicted octanol–water partition coefficient (Wildman–Crippen LogP) is 2.98. The molecule has 7 nitrogen and oxygen atoms in total. The highest BCUT2D eigenvalue weighted by Crippen LogP contribution is 2.28. The molecule has 0 atom stereocenters. The highest BCUT2D eigenvalue weighted by atomic mass is 32.2. The van der Waals surface area contributed by atoms with Gasteiger partial charge >= 0.3 is 6.03 Å². The molecule has 0 radical (unpaired) electrons. The molecule has 2 rings (SSSR count). The van der Waals surface area contributed by atoms with Crippen LogP contribution in [0.1, 0.15) is 30.2 Å². The minimum Gasteiger partial charge on any atom is -0.338 e. The zero-order valence-electron chi connectivity index (χ0n) is 15.8. The minimum absolute atomic E-state index is 0.0143. The molecular formula is C18H24N4O3S2. The van der Waals surface area contributed by atoms with Gasteiger partial charge in [0, 0.05) is 18.0 Å². The molecule has 0 fully saturated rings. The van der Waals surface area contributed by atoms with Gasteiger partial charge in [0.1, 0.15) is 4.83 Å². The van der Waals surface area contributed by atoms with Gasteiger partial charge in [0.2, 0.25) is 5.91 Å². The van der Waals surface area contributed by atoms with Gasteiger partial charge in [-0.15, -0.1) is 17.9 Å². The summed E-state index contributed by atoms with van der Waals surface area (Å²) in [7, 11) is 0. The van der Waals surface area contributed by atoms with Gasteiger partial charge in [0.15, 0.2) is 5.16 Å². The fraction of sp³-hybridized carbons (Fsp3) is 0.444. The normalized spacial score (nSPS) is 10.8. The van der Waals surface area contributed by atoms with Crippen LogP contribution in [0.25, 0.3) is 10.2 Å². The van der Waals surface area contributed by atoms with Gasteiger partial charge < -0.3 is 5.32 Å². The second-order valence-corrected chi connectivity index (χ2v) is 8.15. The Bertz CT molecular complexity index is 917. The van der Waals surface area contributed by atoms with Crippen LogP contribution in [-0.2, 0) is 11.3 Å². The molecule has 0 spiro atoms. The Morgan fingerprint density at radius 3 is 2.78 bits per heavy atom. The minimum atomic E-state index is -0.509. The number of carbonyl (C=O) groups is 2. The van der Waals surface area contributed by atoms with Crippen LogP contribution in [0.3, 0.4) is 0 Å². The Morgan fingerprint density at radius 1 is 1.37 bits per heavy atom. The van der Waals surface area contributed by atoms with Crippen LogP contribution < -0.4 is 16.2 Å². The number of amides is 3. The molecule has 2 aromatic rings. The first-order valence-corrected chi connectivity index (χ1v) is 10.5. The zero-order chi connectivity index (χ0) is 20.0. The number of aromatic nitrogens is 2. The van der Waals surface area contributed by atoms with Crippen LogP contribution in [0.15, 0.2) is 22.6 Å². The highest BCUT2D eigenvalue weighted by Gasteiger charge is 2.17. The number of hydrogen-bond acceptors (Lipinski definition) is 6. The van der Waals surface area contributed by atoms with E-state index in [1.54, 1.807) is 6.08 Å². The first kappa shape index (κ1) is 21.2. The van der Waals surface area contributed by atoms with Gasteiger partial charge in [-0.2, -0.15) is 0 Å². The molecule has 2 aromatic heterocycles. The first-order valence-electron chi connectivity index (χ1n) is 8.70. The lowest BCUT2D eigenvalue weighted by Crippen LogP contribution is -2.40. The number of thioether (sulfide) groups is 1. The van der Waals surface area contributed by atoms with E-state index in [1.165, 1.54) is 15.9 Å². The van der Waals surface area contributed by atoms with E-state index < -0.39 is 11.9 Å². The molecule has 27 heavy (non-hydrogen) atoms. The van der Waals surface area contributed by atoms with Gasteiger partial charge in [-0.1, -0.05) is 31.2 Å². The second kappa shape index (κ2) is 9.70. The highest BCUT2D eigenvalue weighted by molar-refractivity contribution is 7.99. The van der Waals surface area contributed by atoms with Crippen molar-refractivity contribution in [2.75, 3.05) is 12.3 Å². The van der Waals surface area contributed by atoms with Crippen molar-refractivity contribution in [2.45, 2.75) is 45.3 Å². The largest absolute Gasteiger partial charge is 0.338 e. The maximum atomic E-state index is 12.8.